The van der Waals surface area contributed by atoms with Crippen molar-refractivity contribution in [1.82, 2.24) is 9.97 Å². The quantitative estimate of drug-likeness (QED) is 0.833. The Labute approximate surface area is 114 Å². The van der Waals surface area contributed by atoms with Crippen molar-refractivity contribution >= 4 is 0 Å². The van der Waals surface area contributed by atoms with Crippen LogP contribution in [0.2, 0.25) is 0 Å². The van der Waals surface area contributed by atoms with E-state index in [4.69, 9.17) is 0 Å². The lowest BCUT2D eigenvalue weighted by Gasteiger charge is -2.12. The second kappa shape index (κ2) is 6.10. The topological polar surface area (TPSA) is 49.6 Å². The van der Waals surface area contributed by atoms with Gasteiger partial charge in [0.1, 0.15) is 5.92 Å². The molecule has 2 aromatic rings. The maximum atomic E-state index is 9.34. The number of rotatable bonds is 4. The molecule has 0 saturated carbocycles. The maximum absolute atomic E-state index is 9.34. The van der Waals surface area contributed by atoms with Crippen LogP contribution >= 0.6 is 0 Å². The molecule has 2 unspecified atom stereocenters. The summed E-state index contributed by atoms with van der Waals surface area (Å²) in [4.78, 5) is 8.24. The average Bonchev–Trinajstić information content (AvgIpc) is 2.49. The number of aromatic nitrogens is 2. The van der Waals surface area contributed by atoms with Gasteiger partial charge in [-0.25, -0.2) is 0 Å². The zero-order valence-corrected chi connectivity index (χ0v) is 11.2. The first-order chi connectivity index (χ1) is 9.26. The molecule has 3 nitrogen and oxygen atoms in total. The van der Waals surface area contributed by atoms with E-state index in [0.29, 0.717) is 11.6 Å². The molecule has 1 aromatic carbocycles. The van der Waals surface area contributed by atoms with Crippen molar-refractivity contribution in [3.8, 4) is 6.07 Å². The molecule has 0 saturated heterocycles. The summed E-state index contributed by atoms with van der Waals surface area (Å²) in [5, 5.41) is 9.34. The van der Waals surface area contributed by atoms with E-state index in [2.05, 4.69) is 42.0 Å². The maximum Gasteiger partial charge on any atom is 0.115 e. The third-order valence-electron chi connectivity index (χ3n) is 3.46. The zero-order valence-electron chi connectivity index (χ0n) is 11.2. The fraction of sp³-hybridized carbons (Fsp3) is 0.312. The first-order valence-corrected chi connectivity index (χ1v) is 6.51. The smallest absolute Gasteiger partial charge is 0.115 e. The van der Waals surface area contributed by atoms with Gasteiger partial charge in [0, 0.05) is 12.4 Å². The van der Waals surface area contributed by atoms with Crippen molar-refractivity contribution in [1.29, 1.82) is 5.26 Å². The van der Waals surface area contributed by atoms with E-state index in [9.17, 15) is 5.26 Å². The number of hydrogen-bond acceptors (Lipinski definition) is 3. The molecule has 0 bridgehead atoms. The predicted octanol–water partition coefficient (Wildman–Crippen LogP) is 3.65. The van der Waals surface area contributed by atoms with E-state index in [1.165, 1.54) is 5.56 Å². The molecule has 1 aromatic heterocycles. The van der Waals surface area contributed by atoms with Crippen molar-refractivity contribution in [2.45, 2.75) is 32.1 Å². The predicted molar refractivity (Wildman–Crippen MR) is 74.6 cm³/mol. The Morgan fingerprint density at radius 2 is 1.84 bits per heavy atom. The molecule has 0 fully saturated rings. The lowest BCUT2D eigenvalue weighted by atomic mass is 9.93. The van der Waals surface area contributed by atoms with Crippen molar-refractivity contribution in [2.24, 2.45) is 0 Å². The summed E-state index contributed by atoms with van der Waals surface area (Å²) in [5.41, 5.74) is 2.97. The van der Waals surface area contributed by atoms with Crippen LogP contribution in [0.5, 0.6) is 0 Å². The van der Waals surface area contributed by atoms with E-state index in [0.717, 1.165) is 12.0 Å². The summed E-state index contributed by atoms with van der Waals surface area (Å²) in [6, 6.07) is 10.5. The monoisotopic (exact) mass is 251 g/mol. The number of nitriles is 1. The van der Waals surface area contributed by atoms with E-state index in [1.54, 1.807) is 18.6 Å². The Kier molecular flexibility index (Phi) is 4.25. The highest BCUT2D eigenvalue weighted by molar-refractivity contribution is 5.36. The van der Waals surface area contributed by atoms with Crippen LogP contribution < -0.4 is 0 Å². The minimum absolute atomic E-state index is 0.348. The van der Waals surface area contributed by atoms with Crippen molar-refractivity contribution in [3.05, 3.63) is 59.7 Å². The number of nitrogens with zero attached hydrogens (tertiary/aromatic N) is 3. The van der Waals surface area contributed by atoms with Gasteiger partial charge in [-0.2, -0.15) is 5.26 Å². The van der Waals surface area contributed by atoms with E-state index >= 15 is 0 Å². The Balaban J connectivity index is 2.28. The molecule has 2 rings (SSSR count). The van der Waals surface area contributed by atoms with Crippen LogP contribution in [0.3, 0.4) is 0 Å². The van der Waals surface area contributed by atoms with Gasteiger partial charge in [0.05, 0.1) is 18.0 Å². The van der Waals surface area contributed by atoms with Gasteiger partial charge in [0.25, 0.3) is 0 Å². The summed E-state index contributed by atoms with van der Waals surface area (Å²) in [7, 11) is 0. The molecule has 0 aliphatic heterocycles. The molecule has 1 heterocycles. The van der Waals surface area contributed by atoms with Crippen LogP contribution in [0.1, 0.15) is 48.9 Å². The van der Waals surface area contributed by atoms with Crippen LogP contribution in [-0.2, 0) is 0 Å². The van der Waals surface area contributed by atoms with Gasteiger partial charge >= 0.3 is 0 Å². The van der Waals surface area contributed by atoms with Crippen LogP contribution in [0.25, 0.3) is 0 Å². The van der Waals surface area contributed by atoms with Gasteiger partial charge in [0.15, 0.2) is 0 Å². The normalized spacial score (nSPS) is 13.5. The third-order valence-corrected chi connectivity index (χ3v) is 3.46. The molecule has 0 aliphatic carbocycles. The van der Waals surface area contributed by atoms with Crippen molar-refractivity contribution < 1.29 is 0 Å². The Morgan fingerprint density at radius 3 is 2.37 bits per heavy atom. The van der Waals surface area contributed by atoms with Gasteiger partial charge in [-0.05, 0) is 23.5 Å². The number of benzene rings is 1. The molecule has 0 spiro atoms. The molecule has 0 aliphatic rings. The molecule has 2 atom stereocenters. The van der Waals surface area contributed by atoms with Gasteiger partial charge in [0.2, 0.25) is 0 Å². The fourth-order valence-corrected chi connectivity index (χ4v) is 2.02. The lowest BCUT2D eigenvalue weighted by Crippen LogP contribution is -2.02. The molecule has 96 valence electrons. The van der Waals surface area contributed by atoms with Gasteiger partial charge in [-0.1, -0.05) is 38.1 Å². The highest BCUT2D eigenvalue weighted by Gasteiger charge is 2.15. The largest absolute Gasteiger partial charge is 0.261 e. The zero-order chi connectivity index (χ0) is 13.7. The first kappa shape index (κ1) is 13.2. The van der Waals surface area contributed by atoms with Gasteiger partial charge in [-0.15, -0.1) is 0 Å². The third kappa shape index (κ3) is 2.97. The summed E-state index contributed by atoms with van der Waals surface area (Å²) >= 11 is 0. The Hall–Kier alpha value is -2.21. The number of hydrogen-bond donors (Lipinski definition) is 0. The highest BCUT2D eigenvalue weighted by Crippen LogP contribution is 2.25. The minimum Gasteiger partial charge on any atom is -0.261 e. The average molecular weight is 251 g/mol. The molecule has 0 radical (unpaired) electrons. The highest BCUT2D eigenvalue weighted by atomic mass is 14.8. The molecular formula is C16H17N3. The first-order valence-electron chi connectivity index (χ1n) is 6.51. The fourth-order valence-electron chi connectivity index (χ4n) is 2.02. The van der Waals surface area contributed by atoms with Crippen LogP contribution in [0, 0.1) is 11.3 Å². The second-order valence-corrected chi connectivity index (χ2v) is 4.67. The Bertz CT molecular complexity index is 555. The second-order valence-electron chi connectivity index (χ2n) is 4.67. The van der Waals surface area contributed by atoms with Gasteiger partial charge < -0.3 is 0 Å². The molecule has 3 heteroatoms. The van der Waals surface area contributed by atoms with E-state index in [1.807, 2.05) is 12.1 Å². The standard InChI is InChI=1S/C16H17N3/c1-3-12(2)13-4-6-14(7-5-13)15(10-17)16-11-18-8-9-19-16/h4-9,11-12,15H,3H2,1-2H3. The van der Waals surface area contributed by atoms with Crippen LogP contribution in [-0.4, -0.2) is 9.97 Å². The minimum atomic E-state index is -0.348. The SMILES string of the molecule is CCC(C)c1ccc(C(C#N)c2cnccn2)cc1. The molecular weight excluding hydrogens is 234 g/mol. The lowest BCUT2D eigenvalue weighted by molar-refractivity contribution is 0.733. The van der Waals surface area contributed by atoms with E-state index in [-0.39, 0.29) is 5.92 Å². The summed E-state index contributed by atoms with van der Waals surface area (Å²) in [6.45, 7) is 4.38. The molecule has 0 N–H and O–H groups in total. The summed E-state index contributed by atoms with van der Waals surface area (Å²) in [5.74, 6) is 0.200. The molecule has 0 amide bonds. The van der Waals surface area contributed by atoms with Crippen molar-refractivity contribution in [3.63, 3.8) is 0 Å². The van der Waals surface area contributed by atoms with Crippen molar-refractivity contribution in [2.75, 3.05) is 0 Å². The molecule has 19 heavy (non-hydrogen) atoms. The van der Waals surface area contributed by atoms with E-state index < -0.39 is 0 Å². The summed E-state index contributed by atoms with van der Waals surface area (Å²) in [6.07, 6.45) is 6.00. The van der Waals surface area contributed by atoms with Gasteiger partial charge in [-0.3, -0.25) is 9.97 Å². The Morgan fingerprint density at radius 1 is 1.16 bits per heavy atom. The summed E-state index contributed by atoms with van der Waals surface area (Å²) < 4.78 is 0. The van der Waals surface area contributed by atoms with Crippen LogP contribution in [0.4, 0.5) is 0 Å². The van der Waals surface area contributed by atoms with Crippen LogP contribution in [0.15, 0.2) is 42.9 Å².